The normalized spacial score (nSPS) is 10.5. The molecule has 6 nitrogen and oxygen atoms in total. The molecule has 19 heavy (non-hydrogen) atoms. The van der Waals surface area contributed by atoms with Crippen LogP contribution >= 0.6 is 11.8 Å². The van der Waals surface area contributed by atoms with Gasteiger partial charge in [-0.05, 0) is 23.9 Å². The van der Waals surface area contributed by atoms with Gasteiger partial charge in [0.15, 0.2) is 5.16 Å². The number of imidazole rings is 1. The van der Waals surface area contributed by atoms with Gasteiger partial charge in [-0.25, -0.2) is 14.8 Å². The lowest BCUT2D eigenvalue weighted by atomic mass is 10.3. The van der Waals surface area contributed by atoms with Crippen LogP contribution in [0.4, 0.5) is 0 Å². The highest BCUT2D eigenvalue weighted by Crippen LogP contribution is 2.25. The molecule has 0 aliphatic rings. The summed E-state index contributed by atoms with van der Waals surface area (Å²) in [6.07, 6.45) is 3.15. The molecule has 0 amide bonds. The van der Waals surface area contributed by atoms with Crippen LogP contribution in [0.1, 0.15) is 16.1 Å². The van der Waals surface area contributed by atoms with Gasteiger partial charge in [0.05, 0.1) is 31.2 Å². The van der Waals surface area contributed by atoms with E-state index in [1.807, 2.05) is 7.05 Å². The Hall–Kier alpha value is -1.86. The zero-order valence-corrected chi connectivity index (χ0v) is 11.3. The molecule has 0 bridgehead atoms. The van der Waals surface area contributed by atoms with Crippen LogP contribution in [0.25, 0.3) is 0 Å². The van der Waals surface area contributed by atoms with Crippen molar-refractivity contribution in [2.75, 3.05) is 7.11 Å². The number of esters is 1. The van der Waals surface area contributed by atoms with Crippen LogP contribution < -0.4 is 0 Å². The van der Waals surface area contributed by atoms with Crippen LogP contribution in [-0.2, 0) is 18.4 Å². The first-order valence-corrected chi connectivity index (χ1v) is 6.31. The average Bonchev–Trinajstić information content (AvgIpc) is 2.79. The Labute approximate surface area is 114 Å². The van der Waals surface area contributed by atoms with Crippen molar-refractivity contribution in [3.63, 3.8) is 0 Å². The molecule has 0 aliphatic heterocycles. The first-order chi connectivity index (χ1) is 9.15. The van der Waals surface area contributed by atoms with E-state index in [0.29, 0.717) is 21.4 Å². The molecule has 0 atom stereocenters. The van der Waals surface area contributed by atoms with Crippen LogP contribution in [0.2, 0.25) is 0 Å². The predicted octanol–water partition coefficient (Wildman–Crippen LogP) is 1.25. The molecule has 1 N–H and O–H groups in total. The number of hydrogen-bond donors (Lipinski definition) is 1. The standard InChI is InChI=1S/C12H13N3O3S/c1-15-9(7-16)6-14-12(15)19-10-5-8(3-4-13-10)11(17)18-2/h3-6,16H,7H2,1-2H3. The number of rotatable bonds is 4. The van der Waals surface area contributed by atoms with Crippen molar-refractivity contribution in [3.8, 4) is 0 Å². The van der Waals surface area contributed by atoms with E-state index in [0.717, 1.165) is 0 Å². The number of nitrogens with zero attached hydrogens (tertiary/aromatic N) is 3. The van der Waals surface area contributed by atoms with Gasteiger partial charge in [-0.1, -0.05) is 0 Å². The summed E-state index contributed by atoms with van der Waals surface area (Å²) < 4.78 is 6.43. The summed E-state index contributed by atoms with van der Waals surface area (Å²) in [6.45, 7) is -0.0698. The first kappa shape index (κ1) is 13.6. The number of aliphatic hydroxyl groups excluding tert-OH is 1. The molecule has 0 fully saturated rings. The topological polar surface area (TPSA) is 77.2 Å². The third-order valence-corrected chi connectivity index (χ3v) is 3.55. The second-order valence-electron chi connectivity index (χ2n) is 3.73. The molecule has 0 radical (unpaired) electrons. The number of ether oxygens (including phenoxy) is 1. The second-order valence-corrected chi connectivity index (χ2v) is 4.71. The van der Waals surface area contributed by atoms with Gasteiger partial charge in [-0.15, -0.1) is 0 Å². The number of aliphatic hydroxyl groups is 1. The first-order valence-electron chi connectivity index (χ1n) is 5.49. The average molecular weight is 279 g/mol. The fraction of sp³-hybridized carbons (Fsp3) is 0.250. The van der Waals surface area contributed by atoms with E-state index in [9.17, 15) is 4.79 Å². The largest absolute Gasteiger partial charge is 0.465 e. The van der Waals surface area contributed by atoms with Gasteiger partial charge >= 0.3 is 5.97 Å². The predicted molar refractivity (Wildman–Crippen MR) is 68.8 cm³/mol. The van der Waals surface area contributed by atoms with E-state index in [1.54, 1.807) is 29.1 Å². The van der Waals surface area contributed by atoms with Crippen LogP contribution in [0.5, 0.6) is 0 Å². The van der Waals surface area contributed by atoms with E-state index in [-0.39, 0.29) is 6.61 Å². The Bertz CT molecular complexity index is 598. The van der Waals surface area contributed by atoms with Crippen molar-refractivity contribution in [2.45, 2.75) is 16.8 Å². The second kappa shape index (κ2) is 5.85. The summed E-state index contributed by atoms with van der Waals surface area (Å²) in [5.74, 6) is -0.403. The molecule has 2 aromatic heterocycles. The molecular formula is C12H13N3O3S. The van der Waals surface area contributed by atoms with Gasteiger partial charge in [-0.2, -0.15) is 0 Å². The minimum Gasteiger partial charge on any atom is -0.465 e. The van der Waals surface area contributed by atoms with Gasteiger partial charge in [0.2, 0.25) is 0 Å². The summed E-state index contributed by atoms with van der Waals surface area (Å²) in [5.41, 5.74) is 1.16. The molecule has 2 heterocycles. The molecule has 100 valence electrons. The van der Waals surface area contributed by atoms with E-state index in [2.05, 4.69) is 14.7 Å². The summed E-state index contributed by atoms with van der Waals surface area (Å²) in [7, 11) is 3.15. The molecule has 7 heteroatoms. The van der Waals surface area contributed by atoms with Crippen LogP contribution in [0.15, 0.2) is 34.7 Å². The van der Waals surface area contributed by atoms with Crippen LogP contribution in [0, 0.1) is 0 Å². The highest BCUT2D eigenvalue weighted by molar-refractivity contribution is 7.99. The smallest absolute Gasteiger partial charge is 0.337 e. The van der Waals surface area contributed by atoms with Gasteiger partial charge in [-0.3, -0.25) is 0 Å². The molecule has 0 aliphatic carbocycles. The minimum absolute atomic E-state index is 0.0698. The van der Waals surface area contributed by atoms with Crippen molar-refractivity contribution in [2.24, 2.45) is 7.05 Å². The van der Waals surface area contributed by atoms with E-state index < -0.39 is 5.97 Å². The lowest BCUT2D eigenvalue weighted by molar-refractivity contribution is 0.0600. The number of hydrogen-bond acceptors (Lipinski definition) is 6. The van der Waals surface area contributed by atoms with Crippen LogP contribution in [0.3, 0.4) is 0 Å². The quantitative estimate of drug-likeness (QED) is 0.849. The Morgan fingerprint density at radius 3 is 2.95 bits per heavy atom. The van der Waals surface area contributed by atoms with Crippen molar-refractivity contribution >= 4 is 17.7 Å². The summed E-state index contributed by atoms with van der Waals surface area (Å²) in [6, 6.07) is 3.23. The highest BCUT2D eigenvalue weighted by atomic mass is 32.2. The highest BCUT2D eigenvalue weighted by Gasteiger charge is 2.11. The molecule has 2 aromatic rings. The molecule has 0 saturated carbocycles. The van der Waals surface area contributed by atoms with Gasteiger partial charge in [0.25, 0.3) is 0 Å². The Kier molecular flexibility index (Phi) is 4.18. The number of pyridine rings is 1. The maximum Gasteiger partial charge on any atom is 0.337 e. The van der Waals surface area contributed by atoms with Crippen LogP contribution in [-0.4, -0.2) is 32.7 Å². The fourth-order valence-electron chi connectivity index (χ4n) is 1.47. The lowest BCUT2D eigenvalue weighted by Gasteiger charge is -2.04. The van der Waals surface area contributed by atoms with E-state index in [4.69, 9.17) is 5.11 Å². The third kappa shape index (κ3) is 2.94. The molecular weight excluding hydrogens is 266 g/mol. The Morgan fingerprint density at radius 1 is 1.53 bits per heavy atom. The summed E-state index contributed by atoms with van der Waals surface area (Å²) in [4.78, 5) is 19.8. The van der Waals surface area contributed by atoms with Crippen molar-refractivity contribution in [1.82, 2.24) is 14.5 Å². The molecule has 0 saturated heterocycles. The maximum absolute atomic E-state index is 11.4. The zero-order valence-electron chi connectivity index (χ0n) is 10.5. The zero-order chi connectivity index (χ0) is 13.8. The lowest BCUT2D eigenvalue weighted by Crippen LogP contribution is -2.02. The van der Waals surface area contributed by atoms with Crippen molar-refractivity contribution < 1.29 is 14.6 Å². The van der Waals surface area contributed by atoms with Crippen molar-refractivity contribution in [1.29, 1.82) is 0 Å². The maximum atomic E-state index is 11.4. The number of aromatic nitrogens is 3. The number of carbonyl (C=O) groups is 1. The molecule has 2 rings (SSSR count). The molecule has 0 spiro atoms. The Balaban J connectivity index is 2.23. The van der Waals surface area contributed by atoms with E-state index >= 15 is 0 Å². The Morgan fingerprint density at radius 2 is 2.32 bits per heavy atom. The van der Waals surface area contributed by atoms with Gasteiger partial charge in [0.1, 0.15) is 5.03 Å². The number of carbonyl (C=O) groups excluding carboxylic acids is 1. The van der Waals surface area contributed by atoms with Gasteiger partial charge < -0.3 is 14.4 Å². The minimum atomic E-state index is -0.403. The van der Waals surface area contributed by atoms with E-state index in [1.165, 1.54) is 18.9 Å². The molecule has 0 unspecified atom stereocenters. The third-order valence-electron chi connectivity index (χ3n) is 2.56. The summed E-state index contributed by atoms with van der Waals surface area (Å²) in [5, 5.41) is 10.4. The fourth-order valence-corrected chi connectivity index (χ4v) is 2.32. The number of methoxy groups -OCH3 is 1. The van der Waals surface area contributed by atoms with Gasteiger partial charge in [0, 0.05) is 13.2 Å². The molecule has 0 aromatic carbocycles. The SMILES string of the molecule is COC(=O)c1ccnc(Sc2ncc(CO)n2C)c1. The van der Waals surface area contributed by atoms with Crippen molar-refractivity contribution in [3.05, 3.63) is 35.8 Å². The summed E-state index contributed by atoms with van der Waals surface area (Å²) >= 11 is 1.31. The monoisotopic (exact) mass is 279 g/mol.